The molecular formula is C20H16N4O2S. The lowest BCUT2D eigenvalue weighted by Crippen LogP contribution is -1.96. The number of methoxy groups -OCH3 is 1. The molecule has 0 aliphatic heterocycles. The van der Waals surface area contributed by atoms with Crippen LogP contribution in [-0.2, 0) is 0 Å². The van der Waals surface area contributed by atoms with Gasteiger partial charge in [-0.1, -0.05) is 42.5 Å². The number of ether oxygens (including phenoxy) is 1. The van der Waals surface area contributed by atoms with E-state index in [-0.39, 0.29) is 5.75 Å². The fourth-order valence-corrected chi connectivity index (χ4v) is 3.06. The van der Waals surface area contributed by atoms with Gasteiger partial charge in [0, 0.05) is 11.1 Å². The zero-order chi connectivity index (χ0) is 18.8. The first-order chi connectivity index (χ1) is 13.2. The second-order valence-electron chi connectivity index (χ2n) is 5.86. The monoisotopic (exact) mass is 376 g/mol. The van der Waals surface area contributed by atoms with Crippen molar-refractivity contribution >= 4 is 29.2 Å². The van der Waals surface area contributed by atoms with Crippen LogP contribution < -0.4 is 4.74 Å². The Balaban J connectivity index is 1.82. The van der Waals surface area contributed by atoms with Crippen LogP contribution in [0.4, 0.5) is 0 Å². The number of aromatic amines is 1. The summed E-state index contributed by atoms with van der Waals surface area (Å²) in [5.41, 5.74) is 1.42. The highest BCUT2D eigenvalue weighted by Crippen LogP contribution is 2.26. The summed E-state index contributed by atoms with van der Waals surface area (Å²) in [6.45, 7) is 0. The predicted octanol–water partition coefficient (Wildman–Crippen LogP) is 4.36. The normalized spacial score (nSPS) is 11.3. The number of nitrogens with zero attached hydrogens (tertiary/aromatic N) is 3. The first-order valence-corrected chi connectivity index (χ1v) is 8.65. The van der Waals surface area contributed by atoms with Crippen molar-refractivity contribution in [3.05, 3.63) is 71.0 Å². The number of fused-ring (bicyclic) bond motifs is 1. The number of phenols is 1. The van der Waals surface area contributed by atoms with Crippen LogP contribution in [0.25, 0.3) is 22.2 Å². The van der Waals surface area contributed by atoms with Crippen LogP contribution in [0, 0.1) is 4.77 Å². The number of hydrogen-bond donors (Lipinski definition) is 2. The van der Waals surface area contributed by atoms with E-state index >= 15 is 0 Å². The quantitative estimate of drug-likeness (QED) is 0.410. The van der Waals surface area contributed by atoms with Crippen molar-refractivity contribution in [3.63, 3.8) is 0 Å². The van der Waals surface area contributed by atoms with Crippen LogP contribution >= 0.6 is 12.2 Å². The highest BCUT2D eigenvalue weighted by atomic mass is 32.1. The standard InChI is InChI=1S/C20H16N4O2S/c1-26-15-7-4-6-14(11-15)19-22-23-20(27)24(19)21-12-17-16-8-3-2-5-13(16)9-10-18(17)25/h2-12,25H,1H3,(H,23,27). The van der Waals surface area contributed by atoms with Crippen LogP contribution in [0.5, 0.6) is 11.5 Å². The molecule has 0 bridgehead atoms. The van der Waals surface area contributed by atoms with Crippen LogP contribution in [0.2, 0.25) is 0 Å². The molecule has 6 nitrogen and oxygen atoms in total. The zero-order valence-corrected chi connectivity index (χ0v) is 15.3. The Bertz CT molecular complexity index is 1210. The second kappa shape index (κ2) is 7.05. The summed E-state index contributed by atoms with van der Waals surface area (Å²) in [6, 6.07) is 18.8. The first kappa shape index (κ1) is 17.0. The van der Waals surface area contributed by atoms with Gasteiger partial charge in [-0.2, -0.15) is 14.9 Å². The average Bonchev–Trinajstić information content (AvgIpc) is 3.08. The minimum Gasteiger partial charge on any atom is -0.507 e. The molecule has 2 N–H and O–H groups in total. The molecule has 0 aliphatic carbocycles. The Morgan fingerprint density at radius 2 is 2.00 bits per heavy atom. The van der Waals surface area contributed by atoms with Crippen molar-refractivity contribution in [1.82, 2.24) is 14.9 Å². The third kappa shape index (κ3) is 3.20. The molecule has 4 rings (SSSR count). The Hall–Kier alpha value is -3.45. The first-order valence-electron chi connectivity index (χ1n) is 8.24. The number of nitrogens with one attached hydrogen (secondary N) is 1. The summed E-state index contributed by atoms with van der Waals surface area (Å²) in [5.74, 6) is 1.41. The molecule has 3 aromatic carbocycles. The highest BCUT2D eigenvalue weighted by molar-refractivity contribution is 7.71. The lowest BCUT2D eigenvalue weighted by molar-refractivity contribution is 0.415. The molecule has 7 heteroatoms. The van der Waals surface area contributed by atoms with Gasteiger partial charge in [0.1, 0.15) is 11.5 Å². The summed E-state index contributed by atoms with van der Waals surface area (Å²) in [5, 5.41) is 23.7. The number of H-pyrrole nitrogens is 1. The van der Waals surface area contributed by atoms with Gasteiger partial charge in [-0.15, -0.1) is 0 Å². The summed E-state index contributed by atoms with van der Waals surface area (Å²) >= 11 is 5.32. The molecule has 0 saturated carbocycles. The third-order valence-corrected chi connectivity index (χ3v) is 4.49. The summed E-state index contributed by atoms with van der Waals surface area (Å²) < 4.78 is 7.14. The fraction of sp³-hybridized carbons (Fsp3) is 0.0500. The van der Waals surface area contributed by atoms with Gasteiger partial charge in [0.2, 0.25) is 4.77 Å². The van der Waals surface area contributed by atoms with Crippen LogP contribution in [-0.4, -0.2) is 33.3 Å². The van der Waals surface area contributed by atoms with E-state index in [9.17, 15) is 5.11 Å². The Morgan fingerprint density at radius 3 is 2.85 bits per heavy atom. The second-order valence-corrected chi connectivity index (χ2v) is 6.25. The lowest BCUT2D eigenvalue weighted by atomic mass is 10.0. The maximum absolute atomic E-state index is 10.3. The average molecular weight is 376 g/mol. The molecule has 27 heavy (non-hydrogen) atoms. The third-order valence-electron chi connectivity index (χ3n) is 4.23. The van der Waals surface area contributed by atoms with Crippen molar-refractivity contribution in [3.8, 4) is 22.9 Å². The van der Waals surface area contributed by atoms with Gasteiger partial charge in [0.15, 0.2) is 5.82 Å². The number of aromatic hydroxyl groups is 1. The molecule has 0 spiro atoms. The van der Waals surface area contributed by atoms with Gasteiger partial charge >= 0.3 is 0 Å². The molecule has 0 unspecified atom stereocenters. The predicted molar refractivity (Wildman–Crippen MR) is 108 cm³/mol. The van der Waals surface area contributed by atoms with E-state index in [0.717, 1.165) is 16.3 Å². The molecule has 0 atom stereocenters. The molecule has 1 aromatic heterocycles. The van der Waals surface area contributed by atoms with Crippen molar-refractivity contribution in [1.29, 1.82) is 0 Å². The molecule has 134 valence electrons. The number of benzene rings is 3. The Labute approximate surface area is 160 Å². The van der Waals surface area contributed by atoms with Crippen LogP contribution in [0.1, 0.15) is 5.56 Å². The summed E-state index contributed by atoms with van der Waals surface area (Å²) in [7, 11) is 1.61. The van der Waals surface area contributed by atoms with E-state index in [4.69, 9.17) is 17.0 Å². The minimum absolute atomic E-state index is 0.149. The molecule has 0 amide bonds. The molecule has 0 radical (unpaired) electrons. The smallest absolute Gasteiger partial charge is 0.216 e. The topological polar surface area (TPSA) is 75.4 Å². The Morgan fingerprint density at radius 1 is 1.15 bits per heavy atom. The fourth-order valence-electron chi connectivity index (χ4n) is 2.88. The Kier molecular flexibility index (Phi) is 4.43. The maximum atomic E-state index is 10.3. The number of rotatable bonds is 4. The van der Waals surface area contributed by atoms with Crippen molar-refractivity contribution in [2.45, 2.75) is 0 Å². The lowest BCUT2D eigenvalue weighted by Gasteiger charge is -2.06. The molecule has 4 aromatic rings. The molecule has 1 heterocycles. The van der Waals surface area contributed by atoms with Gasteiger partial charge in [0.25, 0.3) is 0 Å². The van der Waals surface area contributed by atoms with Gasteiger partial charge in [-0.3, -0.25) is 0 Å². The molecular weight excluding hydrogens is 360 g/mol. The van der Waals surface area contributed by atoms with Gasteiger partial charge < -0.3 is 9.84 Å². The zero-order valence-electron chi connectivity index (χ0n) is 14.5. The van der Waals surface area contributed by atoms with E-state index in [1.165, 1.54) is 4.68 Å². The van der Waals surface area contributed by atoms with E-state index in [1.54, 1.807) is 19.4 Å². The van der Waals surface area contributed by atoms with Crippen LogP contribution in [0.15, 0.2) is 65.8 Å². The number of hydrogen-bond acceptors (Lipinski definition) is 5. The van der Waals surface area contributed by atoms with E-state index in [1.807, 2.05) is 54.6 Å². The van der Waals surface area contributed by atoms with Gasteiger partial charge in [-0.25, -0.2) is 5.10 Å². The minimum atomic E-state index is 0.149. The maximum Gasteiger partial charge on any atom is 0.216 e. The van der Waals surface area contributed by atoms with E-state index < -0.39 is 0 Å². The van der Waals surface area contributed by atoms with Gasteiger partial charge in [0.05, 0.1) is 13.3 Å². The molecule has 0 fully saturated rings. The largest absolute Gasteiger partial charge is 0.507 e. The van der Waals surface area contributed by atoms with Crippen LogP contribution in [0.3, 0.4) is 0 Å². The SMILES string of the molecule is COc1cccc(-c2n[nH]c(=S)n2N=Cc2c(O)ccc3ccccc23)c1. The van der Waals surface area contributed by atoms with Crippen molar-refractivity contribution in [2.75, 3.05) is 7.11 Å². The molecule has 0 saturated heterocycles. The molecule has 0 aliphatic rings. The van der Waals surface area contributed by atoms with E-state index in [2.05, 4.69) is 15.3 Å². The van der Waals surface area contributed by atoms with Crippen molar-refractivity contribution < 1.29 is 9.84 Å². The number of phenolic OH excluding ortho intramolecular Hbond substituents is 1. The number of aromatic nitrogens is 3. The highest BCUT2D eigenvalue weighted by Gasteiger charge is 2.10. The van der Waals surface area contributed by atoms with Gasteiger partial charge in [-0.05, 0) is 41.2 Å². The van der Waals surface area contributed by atoms with E-state index in [0.29, 0.717) is 21.9 Å². The summed E-state index contributed by atoms with van der Waals surface area (Å²) in [4.78, 5) is 0. The summed E-state index contributed by atoms with van der Waals surface area (Å²) in [6.07, 6.45) is 1.59. The van der Waals surface area contributed by atoms with Crippen molar-refractivity contribution in [2.24, 2.45) is 5.10 Å².